The maximum Gasteiger partial charge on any atom is 0.315 e. The number of azo groups is 2. The van der Waals surface area contributed by atoms with Crippen molar-refractivity contribution in [3.05, 3.63) is 66.7 Å². The second kappa shape index (κ2) is 15.3. The summed E-state index contributed by atoms with van der Waals surface area (Å²) in [6, 6.07) is 9.62. The first-order chi connectivity index (χ1) is 26.6. The van der Waals surface area contributed by atoms with Crippen molar-refractivity contribution in [1.29, 1.82) is 0 Å². The van der Waals surface area contributed by atoms with Crippen molar-refractivity contribution >= 4 is 91.6 Å². The molecule has 0 spiro atoms. The van der Waals surface area contributed by atoms with E-state index in [4.69, 9.17) is 9.29 Å². The first-order valence-corrected chi connectivity index (χ1v) is 21.2. The molecule has 1 aromatic heterocycles. The molecule has 1 aliphatic rings. The van der Waals surface area contributed by atoms with Crippen LogP contribution in [0.4, 0.5) is 44.7 Å². The predicted molar refractivity (Wildman–Crippen MR) is 192 cm³/mol. The van der Waals surface area contributed by atoms with Crippen molar-refractivity contribution in [1.82, 2.24) is 15.0 Å². The van der Waals surface area contributed by atoms with Crippen LogP contribution in [0, 0.1) is 6.08 Å². The maximum atomic E-state index is 14.4. The number of halogens is 1. The molecule has 1 fully saturated rings. The van der Waals surface area contributed by atoms with Gasteiger partial charge in [0, 0.05) is 23.9 Å². The molecule has 28 heteroatoms. The van der Waals surface area contributed by atoms with Gasteiger partial charge in [0.25, 0.3) is 40.5 Å². The molecule has 1 saturated heterocycles. The van der Waals surface area contributed by atoms with Gasteiger partial charge in [-0.3, -0.25) is 18.2 Å². The molecule has 4 aromatic carbocycles. The van der Waals surface area contributed by atoms with Crippen LogP contribution in [-0.4, -0.2) is 98.2 Å². The van der Waals surface area contributed by atoms with Crippen LogP contribution in [0.25, 0.3) is 10.8 Å². The summed E-state index contributed by atoms with van der Waals surface area (Å²) in [6.07, 6.45) is -1.27. The van der Waals surface area contributed by atoms with Gasteiger partial charge in [-0.1, -0.05) is 0 Å². The van der Waals surface area contributed by atoms with Crippen molar-refractivity contribution in [2.45, 2.75) is 19.6 Å². The number of nitrogens with one attached hydrogen (secondary N) is 1. The molecule has 0 unspecified atom stereocenters. The summed E-state index contributed by atoms with van der Waals surface area (Å²) in [5.41, 5.74) is -2.44. The van der Waals surface area contributed by atoms with Crippen LogP contribution < -0.4 is 10.2 Å². The number of aromatic hydroxyl groups is 1. The summed E-state index contributed by atoms with van der Waals surface area (Å²) in [7, 11) is -20.5. The fraction of sp³-hybridized carbons (Fsp3) is 0.138. The number of fused-ring (bicyclic) bond motifs is 1. The van der Waals surface area contributed by atoms with E-state index in [9.17, 15) is 56.8 Å². The Morgan fingerprint density at radius 1 is 0.667 bits per heavy atom. The third-order valence-corrected chi connectivity index (χ3v) is 11.3. The first-order valence-electron chi connectivity index (χ1n) is 15.4. The van der Waals surface area contributed by atoms with Gasteiger partial charge in [0.1, 0.15) is 26.1 Å². The zero-order valence-corrected chi connectivity index (χ0v) is 31.4. The topological polar surface area (TPSA) is 350 Å². The normalized spacial score (nSPS) is 14.5. The molecule has 1 aliphatic heterocycles. The Kier molecular flexibility index (Phi) is 11.0. The summed E-state index contributed by atoms with van der Waals surface area (Å²) in [4.78, 5) is 8.94. The summed E-state index contributed by atoms with van der Waals surface area (Å²) in [5, 5.41) is 27.2. The third kappa shape index (κ3) is 9.30. The lowest BCUT2D eigenvalue weighted by molar-refractivity contribution is 0.122. The molecule has 5 aromatic rings. The number of benzene rings is 4. The van der Waals surface area contributed by atoms with Gasteiger partial charge in [0.2, 0.25) is 11.9 Å². The van der Waals surface area contributed by atoms with Crippen LogP contribution in [0.15, 0.2) is 101 Å². The lowest BCUT2D eigenvalue weighted by Gasteiger charge is -2.26. The molecule has 0 saturated carbocycles. The number of anilines is 3. The molecule has 6 N–H and O–H groups in total. The quantitative estimate of drug-likeness (QED) is 0.0797. The van der Waals surface area contributed by atoms with Crippen molar-refractivity contribution in [2.75, 3.05) is 36.5 Å². The molecule has 57 heavy (non-hydrogen) atoms. The number of aromatic nitrogens is 3. The van der Waals surface area contributed by atoms with E-state index in [1.807, 2.05) is 0 Å². The monoisotopic (exact) mass is 869 g/mol. The van der Waals surface area contributed by atoms with E-state index in [0.717, 1.165) is 54.6 Å². The highest BCUT2D eigenvalue weighted by Gasteiger charge is 2.29. The van der Waals surface area contributed by atoms with Crippen molar-refractivity contribution in [3.8, 4) is 5.75 Å². The fourth-order valence-corrected chi connectivity index (χ4v) is 7.86. The predicted octanol–water partition coefficient (Wildman–Crippen LogP) is 4.27. The smallest absolute Gasteiger partial charge is 0.315 e. The zero-order chi connectivity index (χ0) is 41.5. The minimum atomic E-state index is -5.45. The average Bonchev–Trinajstić information content (AvgIpc) is 3.12. The Morgan fingerprint density at radius 2 is 1.30 bits per heavy atom. The SMILES string of the molecule is O=S(=O)(O)c1ccc(N=Nc2ccc(N=Nc3c(S(=O)(=O)O)cc4c(S(=O)(=O)O)c(Nc5nc(F)nc(N6CCOCC6)n5)ccc4c3O)c(S(=O)(=O)O)c2)cc1. The summed E-state index contributed by atoms with van der Waals surface area (Å²) < 4.78 is 157. The number of morpholine rings is 1. The lowest BCUT2D eigenvalue weighted by Crippen LogP contribution is -2.37. The first kappa shape index (κ1) is 40.9. The minimum absolute atomic E-state index is 0.0571. The van der Waals surface area contributed by atoms with E-state index in [1.165, 1.54) is 0 Å². The van der Waals surface area contributed by atoms with E-state index >= 15 is 0 Å². The second-order valence-electron chi connectivity index (χ2n) is 11.5. The zero-order valence-electron chi connectivity index (χ0n) is 28.1. The van der Waals surface area contributed by atoms with Crippen LogP contribution in [-0.2, 0) is 45.2 Å². The van der Waals surface area contributed by atoms with E-state index in [2.05, 4.69) is 40.7 Å². The highest BCUT2D eigenvalue weighted by molar-refractivity contribution is 7.87. The van der Waals surface area contributed by atoms with E-state index in [-0.39, 0.29) is 43.6 Å². The van der Waals surface area contributed by atoms with E-state index in [1.54, 1.807) is 4.90 Å². The highest BCUT2D eigenvalue weighted by Crippen LogP contribution is 2.45. The Hall–Kier alpha value is -5.72. The molecule has 23 nitrogen and oxygen atoms in total. The molecule has 0 atom stereocenters. The summed E-state index contributed by atoms with van der Waals surface area (Å²) in [6.45, 7) is 1.11. The molecule has 0 amide bonds. The Balaban J connectivity index is 1.42. The third-order valence-electron chi connectivity index (χ3n) is 7.75. The number of ether oxygens (including phenoxy) is 1. The maximum absolute atomic E-state index is 14.4. The van der Waals surface area contributed by atoms with Gasteiger partial charge in [0.15, 0.2) is 5.75 Å². The number of hydrogen-bond acceptors (Lipinski definition) is 19. The number of phenols is 1. The number of phenolic OH excluding ortho intramolecular Hbond substituents is 1. The average molecular weight is 870 g/mol. The lowest BCUT2D eigenvalue weighted by atomic mass is 10.1. The van der Waals surface area contributed by atoms with Crippen LogP contribution in [0.3, 0.4) is 0 Å². The van der Waals surface area contributed by atoms with Gasteiger partial charge in [-0.2, -0.15) is 63.2 Å². The van der Waals surface area contributed by atoms with Gasteiger partial charge in [-0.15, -0.1) is 10.2 Å². The molecular formula is C29H24FN9O14S4. The molecular weight excluding hydrogens is 846 g/mol. The minimum Gasteiger partial charge on any atom is -0.505 e. The van der Waals surface area contributed by atoms with Gasteiger partial charge < -0.3 is 20.1 Å². The van der Waals surface area contributed by atoms with Gasteiger partial charge >= 0.3 is 6.08 Å². The fourth-order valence-electron chi connectivity index (χ4n) is 5.24. The highest BCUT2D eigenvalue weighted by atomic mass is 32.2. The standard InChI is InChI=1S/C29H24FN9O14S4/c30-27-32-28(34-29(33-27)39-9-11-53-12-10-39)31-21-8-6-18-19(26(21)57(50,51)52)14-23(56(47,48)49)24(25(18)40)38-37-20-7-3-16(13-22(20)55(44,45)46)36-35-15-1-4-17(5-2-15)54(41,42)43/h1-8,13-14,40H,9-12H2,(H,41,42,43)(H,44,45,46)(H,47,48,49)(H,50,51,52)(H,31,32,33,34). The molecule has 300 valence electrons. The molecule has 0 bridgehead atoms. The largest absolute Gasteiger partial charge is 0.505 e. The molecule has 0 radical (unpaired) electrons. The van der Waals surface area contributed by atoms with E-state index in [0.29, 0.717) is 6.07 Å². The molecule has 6 rings (SSSR count). The van der Waals surface area contributed by atoms with E-state index < -0.39 is 106 Å². The van der Waals surface area contributed by atoms with Crippen molar-refractivity contribution in [3.63, 3.8) is 0 Å². The Bertz CT molecular complexity index is 2950. The van der Waals surface area contributed by atoms with Crippen LogP contribution in [0.5, 0.6) is 5.75 Å². The van der Waals surface area contributed by atoms with Gasteiger partial charge in [-0.25, -0.2) is 0 Å². The Labute approximate surface area is 320 Å². The van der Waals surface area contributed by atoms with Crippen molar-refractivity contribution in [2.24, 2.45) is 20.5 Å². The van der Waals surface area contributed by atoms with Crippen molar-refractivity contribution < 1.29 is 66.1 Å². The summed E-state index contributed by atoms with van der Waals surface area (Å²) in [5.74, 6) is -1.85. The van der Waals surface area contributed by atoms with Gasteiger partial charge in [-0.05, 0) is 60.7 Å². The van der Waals surface area contributed by atoms with Crippen LogP contribution in [0.1, 0.15) is 0 Å². The number of nitrogens with zero attached hydrogens (tertiary/aromatic N) is 8. The Morgan fingerprint density at radius 3 is 1.91 bits per heavy atom. The number of rotatable bonds is 11. The number of hydrogen-bond donors (Lipinski definition) is 6. The van der Waals surface area contributed by atoms with Gasteiger partial charge in [0.05, 0.1) is 35.2 Å². The van der Waals surface area contributed by atoms with Crippen LogP contribution in [0.2, 0.25) is 0 Å². The molecule has 2 heterocycles. The van der Waals surface area contributed by atoms with Crippen LogP contribution >= 0.6 is 0 Å². The second-order valence-corrected chi connectivity index (χ2v) is 17.1. The molecule has 0 aliphatic carbocycles. The summed E-state index contributed by atoms with van der Waals surface area (Å²) >= 11 is 0.